The highest BCUT2D eigenvalue weighted by molar-refractivity contribution is 7.18. The topological polar surface area (TPSA) is 79.3 Å². The third kappa shape index (κ3) is 2.51. The van der Waals surface area contributed by atoms with Gasteiger partial charge in [-0.3, -0.25) is 4.79 Å². The maximum atomic E-state index is 11.8. The van der Waals surface area contributed by atoms with Crippen LogP contribution in [0.3, 0.4) is 0 Å². The maximum absolute atomic E-state index is 11.8. The van der Waals surface area contributed by atoms with E-state index in [0.717, 1.165) is 11.3 Å². The highest BCUT2D eigenvalue weighted by Gasteiger charge is 2.14. The van der Waals surface area contributed by atoms with Crippen LogP contribution in [0.25, 0.3) is 0 Å². The number of hydrogen-bond donors (Lipinski definition) is 2. The van der Waals surface area contributed by atoms with Crippen molar-refractivity contribution in [2.45, 2.75) is 6.92 Å². The van der Waals surface area contributed by atoms with Gasteiger partial charge in [0, 0.05) is 0 Å². The van der Waals surface area contributed by atoms with Crippen LogP contribution in [0.2, 0.25) is 0 Å². The van der Waals surface area contributed by atoms with Gasteiger partial charge in [0.25, 0.3) is 5.91 Å². The lowest BCUT2D eigenvalue weighted by molar-refractivity contribution is 0.0702. The lowest BCUT2D eigenvalue weighted by atomic mass is 10.4. The smallest absolute Gasteiger partial charge is 0.345 e. The zero-order valence-corrected chi connectivity index (χ0v) is 10.4. The fourth-order valence-electron chi connectivity index (χ4n) is 1.21. The van der Waals surface area contributed by atoms with Crippen LogP contribution in [-0.2, 0) is 0 Å². The van der Waals surface area contributed by atoms with E-state index in [9.17, 15) is 9.59 Å². The molecule has 0 aromatic carbocycles. The van der Waals surface area contributed by atoms with E-state index in [1.165, 1.54) is 17.4 Å². The van der Waals surface area contributed by atoms with Crippen molar-refractivity contribution in [1.29, 1.82) is 0 Å². The van der Waals surface area contributed by atoms with Crippen molar-refractivity contribution in [1.82, 2.24) is 4.98 Å². The molecule has 0 fully saturated rings. The molecule has 0 aliphatic heterocycles. The number of nitrogens with zero attached hydrogens (tertiary/aromatic N) is 1. The maximum Gasteiger partial charge on any atom is 0.345 e. The van der Waals surface area contributed by atoms with Crippen LogP contribution < -0.4 is 5.32 Å². The summed E-state index contributed by atoms with van der Waals surface area (Å²) in [5.74, 6) is -1.26. The van der Waals surface area contributed by atoms with Crippen LogP contribution in [0.1, 0.15) is 25.0 Å². The Morgan fingerprint density at radius 2 is 2.18 bits per heavy atom. The van der Waals surface area contributed by atoms with Crippen molar-refractivity contribution in [3.8, 4) is 0 Å². The van der Waals surface area contributed by atoms with E-state index in [2.05, 4.69) is 10.3 Å². The summed E-state index contributed by atoms with van der Waals surface area (Å²) in [7, 11) is 0. The van der Waals surface area contributed by atoms with Crippen LogP contribution in [-0.4, -0.2) is 22.0 Å². The molecule has 0 bridgehead atoms. The molecule has 2 N–H and O–H groups in total. The zero-order chi connectivity index (χ0) is 12.4. The van der Waals surface area contributed by atoms with Crippen LogP contribution in [0, 0.1) is 6.92 Å². The molecule has 2 aromatic rings. The Bertz CT molecular complexity index is 574. The molecule has 1 amide bonds. The molecule has 0 saturated carbocycles. The molecule has 5 nitrogen and oxygen atoms in total. The monoisotopic (exact) mass is 268 g/mol. The molecule has 0 spiro atoms. The number of thiophene rings is 1. The summed E-state index contributed by atoms with van der Waals surface area (Å²) in [6.45, 7) is 1.75. The minimum atomic E-state index is -0.996. The van der Waals surface area contributed by atoms with Crippen LogP contribution >= 0.6 is 22.7 Å². The van der Waals surface area contributed by atoms with Crippen LogP contribution in [0.15, 0.2) is 17.6 Å². The van der Waals surface area contributed by atoms with E-state index < -0.39 is 5.97 Å². The SMILES string of the molecule is Cc1ncsc1C(=O)Nc1ccc(C(=O)O)s1. The van der Waals surface area contributed by atoms with E-state index in [1.807, 2.05) is 0 Å². The van der Waals surface area contributed by atoms with Crippen molar-refractivity contribution in [3.05, 3.63) is 33.1 Å². The third-order valence-electron chi connectivity index (χ3n) is 2.01. The van der Waals surface area contributed by atoms with Gasteiger partial charge in [0.2, 0.25) is 0 Å². The second kappa shape index (κ2) is 4.64. The van der Waals surface area contributed by atoms with Gasteiger partial charge in [-0.15, -0.1) is 22.7 Å². The summed E-state index contributed by atoms with van der Waals surface area (Å²) in [5, 5.41) is 11.9. The number of carboxylic acid groups (broad SMARTS) is 1. The Balaban J connectivity index is 2.13. The van der Waals surface area contributed by atoms with Gasteiger partial charge < -0.3 is 10.4 Å². The molecule has 2 rings (SSSR count). The largest absolute Gasteiger partial charge is 0.477 e. The molecule has 2 heterocycles. The van der Waals surface area contributed by atoms with Gasteiger partial charge in [-0.25, -0.2) is 9.78 Å². The molecule has 88 valence electrons. The Morgan fingerprint density at radius 1 is 1.41 bits per heavy atom. The molecular weight excluding hydrogens is 260 g/mol. The Morgan fingerprint density at radius 3 is 2.71 bits per heavy atom. The number of aromatic carboxylic acids is 1. The van der Waals surface area contributed by atoms with E-state index in [4.69, 9.17) is 5.11 Å². The summed E-state index contributed by atoms with van der Waals surface area (Å²) in [6.07, 6.45) is 0. The number of thiazole rings is 1. The standard InChI is InChI=1S/C10H8N2O3S2/c1-5-8(16-4-11-5)9(13)12-7-3-2-6(17-7)10(14)15/h2-4H,1H3,(H,12,13)(H,14,15). The van der Waals surface area contributed by atoms with Gasteiger partial charge >= 0.3 is 5.97 Å². The third-order valence-corrected chi connectivity index (χ3v) is 3.92. The van der Waals surface area contributed by atoms with Gasteiger partial charge in [0.1, 0.15) is 9.75 Å². The van der Waals surface area contributed by atoms with Crippen molar-refractivity contribution < 1.29 is 14.7 Å². The molecule has 17 heavy (non-hydrogen) atoms. The first-order valence-electron chi connectivity index (χ1n) is 4.62. The summed E-state index contributed by atoms with van der Waals surface area (Å²) in [5.41, 5.74) is 2.27. The number of anilines is 1. The van der Waals surface area contributed by atoms with Gasteiger partial charge in [0.15, 0.2) is 0 Å². The predicted molar refractivity (Wildman–Crippen MR) is 66.1 cm³/mol. The van der Waals surface area contributed by atoms with Crippen molar-refractivity contribution >= 4 is 39.6 Å². The summed E-state index contributed by atoms with van der Waals surface area (Å²) in [4.78, 5) is 27.2. The van der Waals surface area contributed by atoms with Crippen LogP contribution in [0.4, 0.5) is 5.00 Å². The predicted octanol–water partition coefficient (Wildman–Crippen LogP) is 2.46. The fourth-order valence-corrected chi connectivity index (χ4v) is 2.65. The molecule has 0 unspecified atom stereocenters. The van der Waals surface area contributed by atoms with E-state index >= 15 is 0 Å². The molecule has 2 aromatic heterocycles. The first-order valence-corrected chi connectivity index (χ1v) is 6.32. The number of carboxylic acids is 1. The number of carbonyl (C=O) groups excluding carboxylic acids is 1. The molecular formula is C10H8N2O3S2. The molecule has 0 aliphatic rings. The number of hydrogen-bond acceptors (Lipinski definition) is 5. The minimum Gasteiger partial charge on any atom is -0.477 e. The number of aryl methyl sites for hydroxylation is 1. The number of nitrogens with one attached hydrogen (secondary N) is 1. The Labute approximate surface area is 105 Å². The summed E-state index contributed by atoms with van der Waals surface area (Å²) < 4.78 is 0. The molecule has 0 atom stereocenters. The number of rotatable bonds is 3. The Kier molecular flexibility index (Phi) is 3.21. The first-order chi connectivity index (χ1) is 8.08. The minimum absolute atomic E-state index is 0.196. The van der Waals surface area contributed by atoms with E-state index in [-0.39, 0.29) is 10.8 Å². The van der Waals surface area contributed by atoms with Crippen molar-refractivity contribution in [2.75, 3.05) is 5.32 Å². The average Bonchev–Trinajstić information content (AvgIpc) is 2.86. The normalized spacial score (nSPS) is 10.2. The molecule has 0 saturated heterocycles. The highest BCUT2D eigenvalue weighted by atomic mass is 32.1. The number of aromatic nitrogens is 1. The highest BCUT2D eigenvalue weighted by Crippen LogP contribution is 2.23. The first kappa shape index (κ1) is 11.7. The van der Waals surface area contributed by atoms with Gasteiger partial charge in [-0.1, -0.05) is 0 Å². The number of carbonyl (C=O) groups is 2. The van der Waals surface area contributed by atoms with Crippen molar-refractivity contribution in [2.24, 2.45) is 0 Å². The molecule has 0 radical (unpaired) electrons. The lowest BCUT2D eigenvalue weighted by Crippen LogP contribution is -2.10. The van der Waals surface area contributed by atoms with E-state index in [1.54, 1.807) is 18.5 Å². The second-order valence-electron chi connectivity index (χ2n) is 3.19. The summed E-state index contributed by atoms with van der Waals surface area (Å²) >= 11 is 2.28. The van der Waals surface area contributed by atoms with Crippen molar-refractivity contribution in [3.63, 3.8) is 0 Å². The van der Waals surface area contributed by atoms with E-state index in [0.29, 0.717) is 15.6 Å². The molecule has 0 aliphatic carbocycles. The summed E-state index contributed by atoms with van der Waals surface area (Å²) in [6, 6.07) is 3.03. The Hall–Kier alpha value is -1.73. The fraction of sp³-hybridized carbons (Fsp3) is 0.100. The zero-order valence-electron chi connectivity index (χ0n) is 8.76. The number of amides is 1. The van der Waals surface area contributed by atoms with Crippen LogP contribution in [0.5, 0.6) is 0 Å². The average molecular weight is 268 g/mol. The lowest BCUT2D eigenvalue weighted by Gasteiger charge is -1.99. The van der Waals surface area contributed by atoms with Gasteiger partial charge in [-0.2, -0.15) is 0 Å². The second-order valence-corrected chi connectivity index (χ2v) is 5.13. The molecule has 7 heteroatoms. The van der Waals surface area contributed by atoms with Gasteiger partial charge in [-0.05, 0) is 19.1 Å². The van der Waals surface area contributed by atoms with Gasteiger partial charge in [0.05, 0.1) is 16.2 Å². The quantitative estimate of drug-likeness (QED) is 0.896.